The predicted octanol–water partition coefficient (Wildman–Crippen LogP) is -0.324. The lowest BCUT2D eigenvalue weighted by Gasteiger charge is -2.27. The fourth-order valence-corrected chi connectivity index (χ4v) is 1.99. The lowest BCUT2D eigenvalue weighted by Crippen LogP contribution is -2.45. The summed E-state index contributed by atoms with van der Waals surface area (Å²) in [6, 6.07) is 0. The Kier molecular flexibility index (Phi) is 3.37. The van der Waals surface area contributed by atoms with Crippen molar-refractivity contribution in [3.8, 4) is 0 Å². The summed E-state index contributed by atoms with van der Waals surface area (Å²) in [5, 5.41) is 3.24. The molecule has 0 spiro atoms. The van der Waals surface area contributed by atoms with Crippen LogP contribution in [0.4, 0.5) is 0 Å². The van der Waals surface area contributed by atoms with Crippen molar-refractivity contribution in [2.75, 3.05) is 39.3 Å². The molecular formula is C10H18N3O. The van der Waals surface area contributed by atoms with E-state index in [-0.39, 0.29) is 0 Å². The number of rotatable bonds is 2. The first kappa shape index (κ1) is 9.93. The lowest BCUT2D eigenvalue weighted by molar-refractivity contribution is -0.131. The standard InChI is InChI=1S/C10H18N3O/c14-10(13-5-1-2-6-13)9-12-7-3-11-4-8-12/h7,11H,1-6,8-9H2. The molecule has 1 amide bonds. The number of nitrogens with zero attached hydrogens (tertiary/aromatic N) is 2. The van der Waals surface area contributed by atoms with Gasteiger partial charge >= 0.3 is 0 Å². The number of carbonyl (C=O) groups is 1. The Morgan fingerprint density at radius 3 is 2.71 bits per heavy atom. The highest BCUT2D eigenvalue weighted by Crippen LogP contribution is 2.08. The van der Waals surface area contributed by atoms with E-state index in [1.165, 1.54) is 12.8 Å². The van der Waals surface area contributed by atoms with E-state index in [9.17, 15) is 4.79 Å². The van der Waals surface area contributed by atoms with Gasteiger partial charge in [0, 0.05) is 39.3 Å². The third-order valence-corrected chi connectivity index (χ3v) is 2.87. The Labute approximate surface area is 85.2 Å². The predicted molar refractivity (Wildman–Crippen MR) is 54.6 cm³/mol. The van der Waals surface area contributed by atoms with E-state index in [0.29, 0.717) is 12.5 Å². The van der Waals surface area contributed by atoms with Crippen molar-refractivity contribution in [1.82, 2.24) is 15.1 Å². The molecule has 0 saturated carbocycles. The molecule has 1 radical (unpaired) electrons. The van der Waals surface area contributed by atoms with Crippen molar-refractivity contribution in [3.05, 3.63) is 6.54 Å². The minimum absolute atomic E-state index is 0.292. The highest BCUT2D eigenvalue weighted by molar-refractivity contribution is 5.78. The molecule has 0 unspecified atom stereocenters. The zero-order valence-electron chi connectivity index (χ0n) is 8.54. The summed E-state index contributed by atoms with van der Waals surface area (Å²) in [6.45, 7) is 7.42. The van der Waals surface area contributed by atoms with Crippen LogP contribution in [0.2, 0.25) is 0 Å². The zero-order chi connectivity index (χ0) is 9.80. The molecule has 2 rings (SSSR count). The smallest absolute Gasteiger partial charge is 0.236 e. The van der Waals surface area contributed by atoms with E-state index in [2.05, 4.69) is 16.8 Å². The molecule has 2 fully saturated rings. The van der Waals surface area contributed by atoms with Gasteiger partial charge in [-0.25, -0.2) is 0 Å². The maximum absolute atomic E-state index is 11.8. The van der Waals surface area contributed by atoms with E-state index in [0.717, 1.165) is 32.7 Å². The molecule has 0 aliphatic carbocycles. The van der Waals surface area contributed by atoms with E-state index in [1.807, 2.05) is 4.90 Å². The average molecular weight is 196 g/mol. The van der Waals surface area contributed by atoms with Crippen molar-refractivity contribution in [2.45, 2.75) is 12.8 Å². The Morgan fingerprint density at radius 1 is 1.29 bits per heavy atom. The van der Waals surface area contributed by atoms with E-state index in [1.54, 1.807) is 0 Å². The SMILES string of the molecule is O=C(CN1[CH]CNCC1)N1CCCC1. The van der Waals surface area contributed by atoms with Crippen molar-refractivity contribution in [3.63, 3.8) is 0 Å². The second-order valence-electron chi connectivity index (χ2n) is 3.95. The van der Waals surface area contributed by atoms with Gasteiger partial charge in [0.1, 0.15) is 0 Å². The van der Waals surface area contributed by atoms with Gasteiger partial charge in [-0.05, 0) is 12.8 Å². The fourth-order valence-electron chi connectivity index (χ4n) is 1.99. The van der Waals surface area contributed by atoms with E-state index in [4.69, 9.17) is 0 Å². The van der Waals surface area contributed by atoms with Crippen molar-refractivity contribution >= 4 is 5.91 Å². The second-order valence-corrected chi connectivity index (χ2v) is 3.95. The number of amides is 1. The van der Waals surface area contributed by atoms with Gasteiger partial charge in [-0.3, -0.25) is 9.69 Å². The highest BCUT2D eigenvalue weighted by Gasteiger charge is 2.21. The summed E-state index contributed by atoms with van der Waals surface area (Å²) in [4.78, 5) is 15.9. The van der Waals surface area contributed by atoms with Crippen LogP contribution < -0.4 is 5.32 Å². The second kappa shape index (κ2) is 4.75. The maximum atomic E-state index is 11.8. The first-order valence-corrected chi connectivity index (χ1v) is 5.42. The first-order chi connectivity index (χ1) is 6.86. The number of hydrogen-bond donors (Lipinski definition) is 1. The molecule has 0 aromatic heterocycles. The van der Waals surface area contributed by atoms with Crippen LogP contribution >= 0.6 is 0 Å². The fraction of sp³-hybridized carbons (Fsp3) is 0.800. The molecule has 0 aromatic carbocycles. The molecule has 2 heterocycles. The molecular weight excluding hydrogens is 178 g/mol. The van der Waals surface area contributed by atoms with Gasteiger partial charge in [-0.1, -0.05) is 0 Å². The van der Waals surface area contributed by atoms with Crippen molar-refractivity contribution in [1.29, 1.82) is 0 Å². The van der Waals surface area contributed by atoms with E-state index < -0.39 is 0 Å². The van der Waals surface area contributed by atoms with Crippen LogP contribution in [0.1, 0.15) is 12.8 Å². The van der Waals surface area contributed by atoms with Gasteiger partial charge in [-0.2, -0.15) is 0 Å². The van der Waals surface area contributed by atoms with Gasteiger partial charge in [0.2, 0.25) is 5.91 Å². The summed E-state index contributed by atoms with van der Waals surface area (Å²) in [7, 11) is 0. The molecule has 79 valence electrons. The first-order valence-electron chi connectivity index (χ1n) is 5.42. The Morgan fingerprint density at radius 2 is 2.07 bits per heavy atom. The Balaban J connectivity index is 1.75. The quantitative estimate of drug-likeness (QED) is 0.657. The number of hydrogen-bond acceptors (Lipinski definition) is 3. The van der Waals surface area contributed by atoms with Crippen LogP contribution in [0.25, 0.3) is 0 Å². The Hall–Kier alpha value is -0.610. The van der Waals surface area contributed by atoms with Crippen LogP contribution in [-0.4, -0.2) is 55.0 Å². The number of likely N-dealkylation sites (tertiary alicyclic amines) is 1. The van der Waals surface area contributed by atoms with Crippen LogP contribution in [-0.2, 0) is 4.79 Å². The summed E-state index contributed by atoms with van der Waals surface area (Å²) in [6.07, 6.45) is 2.36. The maximum Gasteiger partial charge on any atom is 0.236 e. The number of carbonyl (C=O) groups excluding carboxylic acids is 1. The summed E-state index contributed by atoms with van der Waals surface area (Å²) in [5.41, 5.74) is 0. The van der Waals surface area contributed by atoms with Gasteiger partial charge in [0.05, 0.1) is 6.54 Å². The van der Waals surface area contributed by atoms with Crippen LogP contribution in [0, 0.1) is 6.54 Å². The summed E-state index contributed by atoms with van der Waals surface area (Å²) < 4.78 is 0. The summed E-state index contributed by atoms with van der Waals surface area (Å²) in [5.74, 6) is 0.292. The molecule has 0 atom stereocenters. The highest BCUT2D eigenvalue weighted by atomic mass is 16.2. The number of nitrogens with one attached hydrogen (secondary N) is 1. The molecule has 0 aromatic rings. The van der Waals surface area contributed by atoms with Crippen LogP contribution in [0.15, 0.2) is 0 Å². The Bertz CT molecular complexity index is 196. The molecule has 2 aliphatic heterocycles. The molecule has 2 saturated heterocycles. The normalized spacial score (nSPS) is 24.1. The lowest BCUT2D eigenvalue weighted by atomic mass is 10.3. The molecule has 0 bridgehead atoms. The van der Waals surface area contributed by atoms with Crippen molar-refractivity contribution in [2.24, 2.45) is 0 Å². The largest absolute Gasteiger partial charge is 0.342 e. The molecule has 2 aliphatic rings. The average Bonchev–Trinajstić information content (AvgIpc) is 2.72. The van der Waals surface area contributed by atoms with Gasteiger partial charge in [-0.15, -0.1) is 0 Å². The zero-order valence-corrected chi connectivity index (χ0v) is 8.54. The monoisotopic (exact) mass is 196 g/mol. The summed E-state index contributed by atoms with van der Waals surface area (Å²) >= 11 is 0. The van der Waals surface area contributed by atoms with Crippen molar-refractivity contribution < 1.29 is 4.79 Å². The van der Waals surface area contributed by atoms with Gasteiger partial charge < -0.3 is 10.2 Å². The molecule has 4 heteroatoms. The number of piperazine rings is 1. The third kappa shape index (κ3) is 2.45. The van der Waals surface area contributed by atoms with E-state index >= 15 is 0 Å². The minimum atomic E-state index is 0.292. The van der Waals surface area contributed by atoms with Gasteiger partial charge in [0.15, 0.2) is 0 Å². The van der Waals surface area contributed by atoms with Crippen LogP contribution in [0.5, 0.6) is 0 Å². The topological polar surface area (TPSA) is 35.6 Å². The molecule has 4 nitrogen and oxygen atoms in total. The minimum Gasteiger partial charge on any atom is -0.342 e. The van der Waals surface area contributed by atoms with Gasteiger partial charge in [0.25, 0.3) is 0 Å². The third-order valence-electron chi connectivity index (χ3n) is 2.87. The molecule has 1 N–H and O–H groups in total. The van der Waals surface area contributed by atoms with Crippen LogP contribution in [0.3, 0.4) is 0 Å². The molecule has 14 heavy (non-hydrogen) atoms.